The molecule has 0 amide bonds. The summed E-state index contributed by atoms with van der Waals surface area (Å²) in [6, 6.07) is 4.72. The lowest BCUT2D eigenvalue weighted by Gasteiger charge is -2.09. The van der Waals surface area contributed by atoms with Crippen LogP contribution >= 0.6 is 0 Å². The normalized spacial score (nSPS) is 20.0. The van der Waals surface area contributed by atoms with Gasteiger partial charge in [-0.25, -0.2) is 4.99 Å². The van der Waals surface area contributed by atoms with Crippen molar-refractivity contribution in [2.24, 2.45) is 10.7 Å². The van der Waals surface area contributed by atoms with Crippen molar-refractivity contribution in [3.05, 3.63) is 35.4 Å². The highest BCUT2D eigenvalue weighted by molar-refractivity contribution is 5.95. The molecule has 92 valence electrons. The SMILES string of the molecule is NCC1CN=C(c2ccc(C(F)(F)F)cc2)O1. The van der Waals surface area contributed by atoms with Gasteiger partial charge in [-0.1, -0.05) is 0 Å². The van der Waals surface area contributed by atoms with E-state index >= 15 is 0 Å². The molecule has 2 rings (SSSR count). The Morgan fingerprint density at radius 2 is 1.94 bits per heavy atom. The standard InChI is InChI=1S/C11H11F3N2O/c12-11(13,14)8-3-1-7(2-4-8)10-16-6-9(5-15)17-10/h1-4,9H,5-6,15H2. The van der Waals surface area contributed by atoms with Gasteiger partial charge in [0.2, 0.25) is 5.90 Å². The summed E-state index contributed by atoms with van der Waals surface area (Å²) in [5, 5.41) is 0. The molecular formula is C11H11F3N2O. The average molecular weight is 244 g/mol. The van der Waals surface area contributed by atoms with E-state index in [-0.39, 0.29) is 6.10 Å². The van der Waals surface area contributed by atoms with Crippen LogP contribution in [0.1, 0.15) is 11.1 Å². The topological polar surface area (TPSA) is 47.6 Å². The molecule has 2 N–H and O–H groups in total. The first-order valence-corrected chi connectivity index (χ1v) is 5.09. The highest BCUT2D eigenvalue weighted by atomic mass is 19.4. The monoisotopic (exact) mass is 244 g/mol. The van der Waals surface area contributed by atoms with Gasteiger partial charge < -0.3 is 10.5 Å². The minimum Gasteiger partial charge on any atom is -0.471 e. The van der Waals surface area contributed by atoms with Crippen LogP contribution in [0.2, 0.25) is 0 Å². The van der Waals surface area contributed by atoms with E-state index in [4.69, 9.17) is 10.5 Å². The lowest BCUT2D eigenvalue weighted by Crippen LogP contribution is -2.23. The van der Waals surface area contributed by atoms with Gasteiger partial charge in [0.1, 0.15) is 6.10 Å². The molecule has 0 bridgehead atoms. The molecule has 0 saturated heterocycles. The highest BCUT2D eigenvalue weighted by Crippen LogP contribution is 2.29. The minimum absolute atomic E-state index is 0.174. The number of alkyl halides is 3. The number of hydrogen-bond acceptors (Lipinski definition) is 3. The first kappa shape index (κ1) is 11.9. The van der Waals surface area contributed by atoms with Gasteiger partial charge in [0.15, 0.2) is 0 Å². The molecule has 3 nitrogen and oxygen atoms in total. The summed E-state index contributed by atoms with van der Waals surface area (Å²) in [4.78, 5) is 4.08. The summed E-state index contributed by atoms with van der Waals surface area (Å²) in [7, 11) is 0. The quantitative estimate of drug-likeness (QED) is 0.862. The second kappa shape index (κ2) is 4.37. The Morgan fingerprint density at radius 3 is 2.41 bits per heavy atom. The Kier molecular flexibility index (Phi) is 3.06. The van der Waals surface area contributed by atoms with E-state index < -0.39 is 11.7 Å². The molecule has 1 unspecified atom stereocenters. The Bertz CT molecular complexity index is 425. The van der Waals surface area contributed by atoms with E-state index in [1.807, 2.05) is 0 Å². The third-order valence-electron chi connectivity index (χ3n) is 2.44. The molecular weight excluding hydrogens is 233 g/mol. The smallest absolute Gasteiger partial charge is 0.416 e. The minimum atomic E-state index is -4.32. The summed E-state index contributed by atoms with van der Waals surface area (Å²) in [5.41, 5.74) is 5.26. The zero-order valence-electron chi connectivity index (χ0n) is 8.87. The van der Waals surface area contributed by atoms with Crippen molar-refractivity contribution in [2.45, 2.75) is 12.3 Å². The van der Waals surface area contributed by atoms with E-state index in [0.717, 1.165) is 12.1 Å². The summed E-state index contributed by atoms with van der Waals surface area (Å²) >= 11 is 0. The number of aliphatic imine (C=N–C) groups is 1. The van der Waals surface area contributed by atoms with Gasteiger partial charge in [-0.3, -0.25) is 0 Å². The maximum absolute atomic E-state index is 12.3. The molecule has 17 heavy (non-hydrogen) atoms. The van der Waals surface area contributed by atoms with Crippen molar-refractivity contribution in [1.29, 1.82) is 0 Å². The molecule has 0 fully saturated rings. The fourth-order valence-electron chi connectivity index (χ4n) is 1.50. The summed E-state index contributed by atoms with van der Waals surface area (Å²) in [6.07, 6.45) is -4.50. The van der Waals surface area contributed by atoms with Gasteiger partial charge in [0.05, 0.1) is 12.1 Å². The van der Waals surface area contributed by atoms with Gasteiger partial charge in [-0.15, -0.1) is 0 Å². The number of nitrogens with two attached hydrogens (primary N) is 1. The lowest BCUT2D eigenvalue weighted by molar-refractivity contribution is -0.137. The molecule has 6 heteroatoms. The Labute approximate surface area is 96.1 Å². The fourth-order valence-corrected chi connectivity index (χ4v) is 1.50. The third-order valence-corrected chi connectivity index (χ3v) is 2.44. The van der Waals surface area contributed by atoms with E-state index in [0.29, 0.717) is 24.6 Å². The zero-order chi connectivity index (χ0) is 12.5. The van der Waals surface area contributed by atoms with Crippen LogP contribution in [0.5, 0.6) is 0 Å². The van der Waals surface area contributed by atoms with Crippen LogP contribution in [0, 0.1) is 0 Å². The van der Waals surface area contributed by atoms with Crippen molar-refractivity contribution in [2.75, 3.05) is 13.1 Å². The lowest BCUT2D eigenvalue weighted by atomic mass is 10.1. The number of nitrogens with zero attached hydrogens (tertiary/aromatic N) is 1. The van der Waals surface area contributed by atoms with Crippen molar-refractivity contribution < 1.29 is 17.9 Å². The molecule has 0 aromatic heterocycles. The molecule has 0 spiro atoms. The molecule has 1 aliphatic heterocycles. The second-order valence-electron chi connectivity index (χ2n) is 3.70. The van der Waals surface area contributed by atoms with Crippen molar-refractivity contribution in [3.63, 3.8) is 0 Å². The molecule has 0 radical (unpaired) electrons. The van der Waals surface area contributed by atoms with Crippen LogP contribution in [-0.4, -0.2) is 25.1 Å². The highest BCUT2D eigenvalue weighted by Gasteiger charge is 2.30. The van der Waals surface area contributed by atoms with Crippen LogP contribution in [0.15, 0.2) is 29.3 Å². The third kappa shape index (κ3) is 2.58. The molecule has 0 aliphatic carbocycles. The van der Waals surface area contributed by atoms with Gasteiger partial charge in [-0.05, 0) is 24.3 Å². The molecule has 1 aromatic carbocycles. The predicted octanol–water partition coefficient (Wildman–Crippen LogP) is 1.81. The first-order valence-electron chi connectivity index (χ1n) is 5.09. The largest absolute Gasteiger partial charge is 0.471 e. The maximum Gasteiger partial charge on any atom is 0.416 e. The van der Waals surface area contributed by atoms with Gasteiger partial charge >= 0.3 is 6.18 Å². The average Bonchev–Trinajstić information content (AvgIpc) is 2.76. The number of halogens is 3. The Balaban J connectivity index is 2.14. The Morgan fingerprint density at radius 1 is 1.29 bits per heavy atom. The number of benzene rings is 1. The van der Waals surface area contributed by atoms with Crippen molar-refractivity contribution >= 4 is 5.90 Å². The van der Waals surface area contributed by atoms with Gasteiger partial charge in [0, 0.05) is 12.1 Å². The summed E-state index contributed by atoms with van der Waals surface area (Å²) < 4.78 is 42.4. The summed E-state index contributed by atoms with van der Waals surface area (Å²) in [6.45, 7) is 0.792. The number of rotatable bonds is 2. The Hall–Kier alpha value is -1.56. The molecule has 1 atom stereocenters. The molecule has 1 aliphatic rings. The first-order chi connectivity index (χ1) is 8.00. The molecule has 0 saturated carbocycles. The zero-order valence-corrected chi connectivity index (χ0v) is 8.87. The fraction of sp³-hybridized carbons (Fsp3) is 0.364. The predicted molar refractivity (Wildman–Crippen MR) is 56.8 cm³/mol. The van der Waals surface area contributed by atoms with Crippen molar-refractivity contribution in [1.82, 2.24) is 0 Å². The van der Waals surface area contributed by atoms with Crippen LogP contribution in [0.3, 0.4) is 0 Å². The van der Waals surface area contributed by atoms with Crippen molar-refractivity contribution in [3.8, 4) is 0 Å². The van der Waals surface area contributed by atoms with E-state index in [9.17, 15) is 13.2 Å². The summed E-state index contributed by atoms with van der Waals surface area (Å²) in [5.74, 6) is 0.356. The van der Waals surface area contributed by atoms with Crippen LogP contribution in [0.25, 0.3) is 0 Å². The van der Waals surface area contributed by atoms with E-state index in [1.54, 1.807) is 0 Å². The van der Waals surface area contributed by atoms with Gasteiger partial charge in [0.25, 0.3) is 0 Å². The van der Waals surface area contributed by atoms with Crippen LogP contribution in [0.4, 0.5) is 13.2 Å². The van der Waals surface area contributed by atoms with Gasteiger partial charge in [-0.2, -0.15) is 13.2 Å². The van der Waals surface area contributed by atoms with Crippen LogP contribution in [-0.2, 0) is 10.9 Å². The molecule has 1 heterocycles. The van der Waals surface area contributed by atoms with E-state index in [2.05, 4.69) is 4.99 Å². The maximum atomic E-state index is 12.3. The molecule has 1 aromatic rings. The second-order valence-corrected chi connectivity index (χ2v) is 3.70. The number of hydrogen-bond donors (Lipinski definition) is 1. The number of ether oxygens (including phenoxy) is 1. The van der Waals surface area contributed by atoms with Crippen LogP contribution < -0.4 is 5.73 Å². The van der Waals surface area contributed by atoms with E-state index in [1.165, 1.54) is 12.1 Å².